The molecule has 3 aromatic carbocycles. The van der Waals surface area contributed by atoms with E-state index in [9.17, 15) is 14.4 Å². The Hall–Kier alpha value is -4.13. The van der Waals surface area contributed by atoms with Gasteiger partial charge in [0.2, 0.25) is 0 Å². The number of aryl methyl sites for hydroxylation is 2. The molecule has 0 fully saturated rings. The first-order chi connectivity index (χ1) is 15.6. The van der Waals surface area contributed by atoms with E-state index in [0.29, 0.717) is 11.3 Å². The van der Waals surface area contributed by atoms with Gasteiger partial charge in [-0.1, -0.05) is 42.5 Å². The van der Waals surface area contributed by atoms with Crippen LogP contribution in [-0.4, -0.2) is 28.6 Å². The van der Waals surface area contributed by atoms with Crippen LogP contribution in [0, 0.1) is 13.8 Å². The summed E-state index contributed by atoms with van der Waals surface area (Å²) in [6.45, 7) is 6.75. The van der Waals surface area contributed by atoms with Gasteiger partial charge in [-0.05, 0) is 74.2 Å². The molecule has 7 nitrogen and oxygen atoms in total. The van der Waals surface area contributed by atoms with E-state index in [-0.39, 0.29) is 6.03 Å². The van der Waals surface area contributed by atoms with Gasteiger partial charge in [-0.25, -0.2) is 9.59 Å². The molecule has 3 rings (SSSR count). The van der Waals surface area contributed by atoms with Gasteiger partial charge in [0, 0.05) is 16.9 Å². The molecule has 0 radical (unpaired) electrons. The highest BCUT2D eigenvalue weighted by Crippen LogP contribution is 2.23. The first-order valence-electron chi connectivity index (χ1n) is 10.5. The minimum absolute atomic E-state index is 0.320. The summed E-state index contributed by atoms with van der Waals surface area (Å²) in [6.07, 6.45) is 0. The van der Waals surface area contributed by atoms with Crippen molar-refractivity contribution in [3.05, 3.63) is 83.4 Å². The van der Waals surface area contributed by atoms with Crippen LogP contribution in [-0.2, 0) is 4.79 Å². The van der Waals surface area contributed by atoms with E-state index in [1.807, 2.05) is 44.2 Å². The molecule has 0 aromatic heterocycles. The second-order valence-corrected chi connectivity index (χ2v) is 8.38. The largest absolute Gasteiger partial charge is 0.480 e. The lowest BCUT2D eigenvalue weighted by Gasteiger charge is -2.21. The van der Waals surface area contributed by atoms with Gasteiger partial charge < -0.3 is 21.1 Å². The molecule has 33 heavy (non-hydrogen) atoms. The quantitative estimate of drug-likeness (QED) is 0.418. The van der Waals surface area contributed by atoms with Crippen LogP contribution < -0.4 is 16.0 Å². The monoisotopic (exact) mass is 445 g/mol. The van der Waals surface area contributed by atoms with Crippen molar-refractivity contribution in [3.8, 4) is 11.1 Å². The lowest BCUT2D eigenvalue weighted by molar-refractivity contribution is -0.143. The Morgan fingerprint density at radius 3 is 1.79 bits per heavy atom. The molecule has 0 saturated heterocycles. The number of nitrogens with one attached hydrogen (secondary N) is 3. The number of aliphatic carboxylic acids is 1. The number of benzene rings is 3. The van der Waals surface area contributed by atoms with Crippen molar-refractivity contribution in [2.45, 2.75) is 33.2 Å². The number of carboxylic acid groups (broad SMARTS) is 1. The van der Waals surface area contributed by atoms with Crippen LogP contribution in [0.2, 0.25) is 0 Å². The summed E-state index contributed by atoms with van der Waals surface area (Å²) in [5.74, 6) is -1.56. The first-order valence-corrected chi connectivity index (χ1v) is 10.5. The Kier molecular flexibility index (Phi) is 6.82. The zero-order valence-corrected chi connectivity index (χ0v) is 19.0. The number of hydrogen-bond donors (Lipinski definition) is 4. The van der Waals surface area contributed by atoms with Crippen molar-refractivity contribution < 1.29 is 19.5 Å². The summed E-state index contributed by atoms with van der Waals surface area (Å²) >= 11 is 0. The van der Waals surface area contributed by atoms with Crippen molar-refractivity contribution in [2.24, 2.45) is 0 Å². The highest BCUT2D eigenvalue weighted by Gasteiger charge is 2.29. The molecule has 170 valence electrons. The van der Waals surface area contributed by atoms with Gasteiger partial charge in [-0.3, -0.25) is 4.79 Å². The molecule has 0 spiro atoms. The average molecular weight is 446 g/mol. The second-order valence-electron chi connectivity index (χ2n) is 8.38. The normalized spacial score (nSPS) is 10.9. The van der Waals surface area contributed by atoms with Crippen molar-refractivity contribution in [1.82, 2.24) is 5.32 Å². The van der Waals surface area contributed by atoms with Crippen LogP contribution >= 0.6 is 0 Å². The topological polar surface area (TPSA) is 108 Å². The van der Waals surface area contributed by atoms with E-state index in [1.165, 1.54) is 13.8 Å². The molecule has 0 unspecified atom stereocenters. The van der Waals surface area contributed by atoms with Crippen molar-refractivity contribution in [3.63, 3.8) is 0 Å². The smallest absolute Gasteiger partial charge is 0.328 e. The van der Waals surface area contributed by atoms with Crippen LogP contribution in [0.15, 0.2) is 66.7 Å². The maximum absolute atomic E-state index is 12.4. The summed E-state index contributed by atoms with van der Waals surface area (Å²) in [5.41, 5.74) is 4.23. The number of rotatable bonds is 6. The second kappa shape index (κ2) is 9.56. The number of carbonyl (C=O) groups is 3. The standard InChI is InChI=1S/C26H27N3O4/c1-16-6-5-7-17(2)22(16)28-25(33)27-21-14-12-19(13-15-21)18-8-10-20(11-9-18)23(30)29-26(3,4)24(31)32/h5-15H,1-4H3,(H,29,30)(H,31,32)(H2,27,28,33). The van der Waals surface area contributed by atoms with Gasteiger partial charge in [0.15, 0.2) is 0 Å². The summed E-state index contributed by atoms with van der Waals surface area (Å²) in [5, 5.41) is 17.4. The van der Waals surface area contributed by atoms with Gasteiger partial charge in [0.25, 0.3) is 5.91 Å². The number of urea groups is 1. The van der Waals surface area contributed by atoms with Crippen LogP contribution in [0.1, 0.15) is 35.3 Å². The van der Waals surface area contributed by atoms with Gasteiger partial charge in [-0.2, -0.15) is 0 Å². The molecule has 0 heterocycles. The molecule has 0 atom stereocenters. The first kappa shape index (κ1) is 23.5. The summed E-state index contributed by atoms with van der Waals surface area (Å²) < 4.78 is 0. The molecule has 3 amide bonds. The lowest BCUT2D eigenvalue weighted by atomic mass is 10.0. The third-order valence-electron chi connectivity index (χ3n) is 5.30. The lowest BCUT2D eigenvalue weighted by Crippen LogP contribution is -2.49. The third kappa shape index (κ3) is 5.77. The van der Waals surface area contributed by atoms with Gasteiger partial charge in [-0.15, -0.1) is 0 Å². The van der Waals surface area contributed by atoms with Gasteiger partial charge in [0.05, 0.1) is 0 Å². The number of hydrogen-bond acceptors (Lipinski definition) is 3. The predicted molar refractivity (Wildman–Crippen MR) is 130 cm³/mol. The maximum atomic E-state index is 12.4. The molecule has 7 heteroatoms. The van der Waals surface area contributed by atoms with Crippen LogP contribution in [0.5, 0.6) is 0 Å². The SMILES string of the molecule is Cc1cccc(C)c1NC(=O)Nc1ccc(-c2ccc(C(=O)NC(C)(C)C(=O)O)cc2)cc1. The molecule has 0 aliphatic heterocycles. The highest BCUT2D eigenvalue weighted by molar-refractivity contribution is 6.01. The molecule has 0 aliphatic carbocycles. The fraction of sp³-hybridized carbons (Fsp3) is 0.192. The van der Waals surface area contributed by atoms with E-state index in [4.69, 9.17) is 5.11 Å². The number of anilines is 2. The zero-order chi connectivity index (χ0) is 24.2. The van der Waals surface area contributed by atoms with E-state index in [1.54, 1.807) is 36.4 Å². The minimum Gasteiger partial charge on any atom is -0.480 e. The molecule has 0 saturated carbocycles. The molecule has 0 aliphatic rings. The van der Waals surface area contributed by atoms with Crippen LogP contribution in [0.4, 0.5) is 16.2 Å². The van der Waals surface area contributed by atoms with Gasteiger partial charge in [0.1, 0.15) is 5.54 Å². The Morgan fingerprint density at radius 2 is 1.27 bits per heavy atom. The number of para-hydroxylation sites is 1. The molecular weight excluding hydrogens is 418 g/mol. The Bertz CT molecular complexity index is 1160. The third-order valence-corrected chi connectivity index (χ3v) is 5.30. The Balaban J connectivity index is 1.64. The van der Waals surface area contributed by atoms with Gasteiger partial charge >= 0.3 is 12.0 Å². The summed E-state index contributed by atoms with van der Waals surface area (Å²) in [6, 6.07) is 19.7. The number of carbonyl (C=O) groups excluding carboxylic acids is 2. The minimum atomic E-state index is -1.36. The molecule has 4 N–H and O–H groups in total. The number of amides is 3. The Labute approximate surface area is 192 Å². The van der Waals surface area contributed by atoms with E-state index in [0.717, 1.165) is 27.9 Å². The molecule has 0 bridgehead atoms. The van der Waals surface area contributed by atoms with Crippen molar-refractivity contribution in [1.29, 1.82) is 0 Å². The fourth-order valence-electron chi connectivity index (χ4n) is 3.26. The summed E-state index contributed by atoms with van der Waals surface area (Å²) in [4.78, 5) is 35.9. The zero-order valence-electron chi connectivity index (χ0n) is 19.0. The van der Waals surface area contributed by atoms with E-state index in [2.05, 4.69) is 16.0 Å². The number of carboxylic acids is 1. The molecular formula is C26H27N3O4. The van der Waals surface area contributed by atoms with Crippen LogP contribution in [0.3, 0.4) is 0 Å². The van der Waals surface area contributed by atoms with E-state index < -0.39 is 17.4 Å². The van der Waals surface area contributed by atoms with Crippen molar-refractivity contribution >= 4 is 29.3 Å². The Morgan fingerprint density at radius 1 is 0.758 bits per heavy atom. The summed E-state index contributed by atoms with van der Waals surface area (Å²) in [7, 11) is 0. The maximum Gasteiger partial charge on any atom is 0.328 e. The predicted octanol–water partition coefficient (Wildman–Crippen LogP) is 5.21. The van der Waals surface area contributed by atoms with Crippen molar-refractivity contribution in [2.75, 3.05) is 10.6 Å². The van der Waals surface area contributed by atoms with E-state index >= 15 is 0 Å². The van der Waals surface area contributed by atoms with Crippen LogP contribution in [0.25, 0.3) is 11.1 Å². The fourth-order valence-corrected chi connectivity index (χ4v) is 3.26. The molecule has 3 aromatic rings. The average Bonchev–Trinajstić information content (AvgIpc) is 2.76. The highest BCUT2D eigenvalue weighted by atomic mass is 16.4.